The van der Waals surface area contributed by atoms with E-state index in [2.05, 4.69) is 15.6 Å². The van der Waals surface area contributed by atoms with Crippen molar-refractivity contribution >= 4 is 11.8 Å². The average Bonchev–Trinajstić information content (AvgIpc) is 3.37. The van der Waals surface area contributed by atoms with Crippen LogP contribution in [0.5, 0.6) is 11.5 Å². The monoisotopic (exact) mass is 445 g/mol. The second-order valence-corrected chi connectivity index (χ2v) is 8.94. The second kappa shape index (κ2) is 9.56. The molecule has 1 aromatic carbocycles. The molecule has 1 aliphatic heterocycles. The molecule has 10 heteroatoms. The van der Waals surface area contributed by atoms with Crippen molar-refractivity contribution in [2.75, 3.05) is 20.7 Å². The van der Waals surface area contributed by atoms with Gasteiger partial charge in [0.2, 0.25) is 11.8 Å². The minimum atomic E-state index is -0.746. The first kappa shape index (κ1) is 23.5. The van der Waals surface area contributed by atoms with Gasteiger partial charge in [-0.05, 0) is 17.5 Å². The van der Waals surface area contributed by atoms with E-state index in [1.165, 1.54) is 16.6 Å². The fourth-order valence-electron chi connectivity index (χ4n) is 3.86. The maximum absolute atomic E-state index is 13.5. The largest absolute Gasteiger partial charge is 0.497 e. The molecular formula is C22H31N5O5. The van der Waals surface area contributed by atoms with Crippen molar-refractivity contribution in [3.05, 3.63) is 36.2 Å². The molecule has 0 aliphatic carbocycles. The molecule has 10 nitrogen and oxygen atoms in total. The summed E-state index contributed by atoms with van der Waals surface area (Å²) in [5.41, 5.74) is 0.0374. The van der Waals surface area contributed by atoms with E-state index in [-0.39, 0.29) is 31.4 Å². The number of nitrogens with one attached hydrogen (secondary N) is 1. The molecule has 3 rings (SSSR count). The molecule has 32 heavy (non-hydrogen) atoms. The molecule has 2 N–H and O–H groups in total. The molecule has 1 aliphatic rings. The Balaban J connectivity index is 1.79. The van der Waals surface area contributed by atoms with Crippen LogP contribution < -0.4 is 14.8 Å². The lowest BCUT2D eigenvalue weighted by atomic mass is 9.85. The number of hydrogen-bond acceptors (Lipinski definition) is 7. The fraction of sp³-hybridized carbons (Fsp3) is 0.545. The molecule has 2 aromatic rings. The van der Waals surface area contributed by atoms with Crippen LogP contribution in [0.1, 0.15) is 38.9 Å². The van der Waals surface area contributed by atoms with E-state index in [4.69, 9.17) is 9.47 Å². The summed E-state index contributed by atoms with van der Waals surface area (Å²) in [6.07, 6.45) is 1.14. The maximum atomic E-state index is 13.5. The minimum Gasteiger partial charge on any atom is -0.497 e. The summed E-state index contributed by atoms with van der Waals surface area (Å²) in [6, 6.07) is 5.80. The van der Waals surface area contributed by atoms with Gasteiger partial charge < -0.3 is 24.8 Å². The summed E-state index contributed by atoms with van der Waals surface area (Å²) in [4.78, 5) is 27.2. The second-order valence-electron chi connectivity index (χ2n) is 8.94. The van der Waals surface area contributed by atoms with Gasteiger partial charge in [-0.2, -0.15) is 0 Å². The molecule has 1 fully saturated rings. The summed E-state index contributed by atoms with van der Waals surface area (Å²) < 4.78 is 12.5. The Labute approximate surface area is 187 Å². The normalized spacial score (nSPS) is 19.5. The van der Waals surface area contributed by atoms with Gasteiger partial charge in [0.15, 0.2) is 0 Å². The molecule has 0 radical (unpaired) electrons. The molecular weight excluding hydrogens is 414 g/mol. The number of nitrogens with zero attached hydrogens (tertiary/aromatic N) is 4. The van der Waals surface area contributed by atoms with Crippen molar-refractivity contribution in [1.29, 1.82) is 0 Å². The van der Waals surface area contributed by atoms with Crippen LogP contribution in [0.2, 0.25) is 0 Å². The maximum Gasteiger partial charge on any atom is 0.248 e. The zero-order valence-corrected chi connectivity index (χ0v) is 19.1. The summed E-state index contributed by atoms with van der Waals surface area (Å²) in [6.45, 7) is 6.03. The zero-order valence-electron chi connectivity index (χ0n) is 19.1. The number of aliphatic hydroxyl groups is 1. The summed E-state index contributed by atoms with van der Waals surface area (Å²) in [7, 11) is 3.10. The number of benzene rings is 1. The number of aromatic nitrogens is 3. The van der Waals surface area contributed by atoms with E-state index in [1.54, 1.807) is 19.4 Å². The Morgan fingerprint density at radius 2 is 2.03 bits per heavy atom. The molecule has 2 heterocycles. The van der Waals surface area contributed by atoms with Crippen LogP contribution in [0.4, 0.5) is 0 Å². The van der Waals surface area contributed by atoms with Gasteiger partial charge in [-0.15, -0.1) is 5.10 Å². The van der Waals surface area contributed by atoms with E-state index in [1.807, 2.05) is 39.0 Å². The number of hydrogen-bond donors (Lipinski definition) is 2. The highest BCUT2D eigenvalue weighted by Crippen LogP contribution is 2.34. The van der Waals surface area contributed by atoms with Crippen molar-refractivity contribution in [2.45, 2.75) is 52.0 Å². The number of likely N-dealkylation sites (tertiary alicyclic amines) is 1. The Morgan fingerprint density at radius 3 is 2.69 bits per heavy atom. The van der Waals surface area contributed by atoms with Crippen molar-refractivity contribution in [1.82, 2.24) is 25.2 Å². The number of amides is 2. The van der Waals surface area contributed by atoms with Crippen LogP contribution in [0, 0.1) is 5.41 Å². The first-order valence-electron chi connectivity index (χ1n) is 10.5. The smallest absolute Gasteiger partial charge is 0.248 e. The van der Waals surface area contributed by atoms with Gasteiger partial charge in [0.25, 0.3) is 0 Å². The summed E-state index contributed by atoms with van der Waals surface area (Å²) in [5, 5.41) is 21.0. The predicted octanol–water partition coefficient (Wildman–Crippen LogP) is 1.16. The number of likely N-dealkylation sites (N-methyl/N-ethyl adjacent to an activating group) is 1. The number of carbonyl (C=O) groups is 2. The standard InChI is InChI=1S/C22H31N5O5/c1-22(2,3)19(21(30)26-12-15(28)9-18(26)20(29)23-4)27-11-14(24-25-27)13-32-17-8-6-7-16(10-17)31-5/h6-8,10-11,15,18-19,28H,9,12-13H2,1-5H3,(H,23,29)/t15-,18+,19-/m1/s1. The SMILES string of the molecule is CNC(=O)[C@@H]1C[C@@H](O)CN1C(=O)[C@@H](n1cc(COc2cccc(OC)c2)nn1)C(C)(C)C. The van der Waals surface area contributed by atoms with Gasteiger partial charge in [-0.3, -0.25) is 9.59 Å². The molecule has 0 spiro atoms. The highest BCUT2D eigenvalue weighted by Gasteiger charge is 2.44. The van der Waals surface area contributed by atoms with Gasteiger partial charge >= 0.3 is 0 Å². The van der Waals surface area contributed by atoms with Crippen LogP contribution in [-0.2, 0) is 16.2 Å². The quantitative estimate of drug-likeness (QED) is 0.656. The Kier molecular flexibility index (Phi) is 7.02. The van der Waals surface area contributed by atoms with Crippen LogP contribution in [0.3, 0.4) is 0 Å². The van der Waals surface area contributed by atoms with Gasteiger partial charge in [-0.25, -0.2) is 4.68 Å². The van der Waals surface area contributed by atoms with Gasteiger partial charge in [0.1, 0.15) is 35.9 Å². The lowest BCUT2D eigenvalue weighted by molar-refractivity contribution is -0.144. The van der Waals surface area contributed by atoms with Crippen molar-refractivity contribution < 1.29 is 24.2 Å². The average molecular weight is 446 g/mol. The number of aliphatic hydroxyl groups excluding tert-OH is 1. The number of rotatable bonds is 7. The van der Waals surface area contributed by atoms with Crippen LogP contribution in [0.25, 0.3) is 0 Å². The third kappa shape index (κ3) is 5.18. The third-order valence-corrected chi connectivity index (χ3v) is 5.42. The van der Waals surface area contributed by atoms with Crippen molar-refractivity contribution in [3.8, 4) is 11.5 Å². The number of carbonyl (C=O) groups excluding carboxylic acids is 2. The zero-order chi connectivity index (χ0) is 23.5. The van der Waals surface area contributed by atoms with E-state index in [0.29, 0.717) is 17.2 Å². The molecule has 1 aromatic heterocycles. The number of methoxy groups -OCH3 is 1. The molecule has 0 unspecified atom stereocenters. The highest BCUT2D eigenvalue weighted by atomic mass is 16.5. The van der Waals surface area contributed by atoms with Crippen LogP contribution >= 0.6 is 0 Å². The fourth-order valence-corrected chi connectivity index (χ4v) is 3.86. The molecule has 2 amide bonds. The minimum absolute atomic E-state index is 0.101. The van der Waals surface area contributed by atoms with Crippen LogP contribution in [0.15, 0.2) is 30.5 Å². The topological polar surface area (TPSA) is 119 Å². The van der Waals surface area contributed by atoms with E-state index < -0.39 is 23.6 Å². The van der Waals surface area contributed by atoms with Crippen molar-refractivity contribution in [2.24, 2.45) is 5.41 Å². The molecule has 0 bridgehead atoms. The molecule has 174 valence electrons. The Hall–Kier alpha value is -3.14. The Bertz CT molecular complexity index is 954. The van der Waals surface area contributed by atoms with E-state index >= 15 is 0 Å². The predicted molar refractivity (Wildman–Crippen MR) is 116 cm³/mol. The molecule has 1 saturated heterocycles. The molecule has 3 atom stereocenters. The molecule has 0 saturated carbocycles. The van der Waals surface area contributed by atoms with Gasteiger partial charge in [0.05, 0.1) is 19.4 Å². The first-order valence-corrected chi connectivity index (χ1v) is 10.5. The summed E-state index contributed by atoms with van der Waals surface area (Å²) in [5.74, 6) is 0.728. The van der Waals surface area contributed by atoms with E-state index in [0.717, 1.165) is 0 Å². The van der Waals surface area contributed by atoms with Gasteiger partial charge in [-0.1, -0.05) is 32.1 Å². The summed E-state index contributed by atoms with van der Waals surface area (Å²) >= 11 is 0. The van der Waals surface area contributed by atoms with Crippen molar-refractivity contribution in [3.63, 3.8) is 0 Å². The first-order chi connectivity index (χ1) is 15.1. The van der Waals surface area contributed by atoms with Crippen LogP contribution in [-0.4, -0.2) is 69.7 Å². The highest BCUT2D eigenvalue weighted by molar-refractivity contribution is 5.90. The lowest BCUT2D eigenvalue weighted by Crippen LogP contribution is -2.49. The third-order valence-electron chi connectivity index (χ3n) is 5.42. The van der Waals surface area contributed by atoms with Gasteiger partial charge in [0, 0.05) is 26.1 Å². The number of ether oxygens (including phenoxy) is 2. The number of β-amino-alcohol motifs (C(OH)–C–C–N with tert-alkyl or cyclic N) is 1. The van der Waals surface area contributed by atoms with E-state index in [9.17, 15) is 14.7 Å². The Morgan fingerprint density at radius 1 is 1.31 bits per heavy atom. The lowest BCUT2D eigenvalue weighted by Gasteiger charge is -2.34.